The fourth-order valence-electron chi connectivity index (χ4n) is 9.25. The highest BCUT2D eigenvalue weighted by molar-refractivity contribution is 6.09. The lowest BCUT2D eigenvalue weighted by atomic mass is 9.71. The van der Waals surface area contributed by atoms with E-state index in [1.807, 2.05) is 12.1 Å². The summed E-state index contributed by atoms with van der Waals surface area (Å²) in [7, 11) is 0. The first kappa shape index (κ1) is 31.7. The molecule has 12 rings (SSSR count). The van der Waals surface area contributed by atoms with Gasteiger partial charge in [-0.2, -0.15) is 9.97 Å². The van der Waals surface area contributed by atoms with E-state index in [0.29, 0.717) is 17.6 Å². The zero-order valence-corrected chi connectivity index (χ0v) is 30.7. The summed E-state index contributed by atoms with van der Waals surface area (Å²) in [5, 5.41) is 4.49. The highest BCUT2D eigenvalue weighted by Crippen LogP contribution is 2.55. The van der Waals surface area contributed by atoms with Gasteiger partial charge in [0.1, 0.15) is 16.6 Å². The summed E-state index contributed by atoms with van der Waals surface area (Å²) >= 11 is 0. The van der Waals surface area contributed by atoms with Crippen molar-refractivity contribution in [1.29, 1.82) is 0 Å². The molecule has 0 atom stereocenters. The number of fused-ring (bicyclic) bond motifs is 9. The summed E-state index contributed by atoms with van der Waals surface area (Å²) in [5.74, 6) is 1.84. The van der Waals surface area contributed by atoms with E-state index >= 15 is 0 Å². The van der Waals surface area contributed by atoms with Gasteiger partial charge in [-0.3, -0.25) is 4.57 Å². The molecule has 0 aliphatic heterocycles. The van der Waals surface area contributed by atoms with Gasteiger partial charge in [-0.1, -0.05) is 158 Å². The number of hydrogen-bond acceptors (Lipinski definition) is 4. The van der Waals surface area contributed by atoms with Crippen molar-refractivity contribution in [2.45, 2.75) is 5.41 Å². The van der Waals surface area contributed by atoms with Crippen LogP contribution in [0.1, 0.15) is 22.5 Å². The van der Waals surface area contributed by atoms with Gasteiger partial charge in [-0.25, -0.2) is 4.98 Å². The summed E-state index contributed by atoms with van der Waals surface area (Å²) in [6, 6.07) is 68.3. The van der Waals surface area contributed by atoms with Crippen LogP contribution in [0.25, 0.3) is 83.3 Å². The maximum Gasteiger partial charge on any atom is 0.238 e. The summed E-state index contributed by atoms with van der Waals surface area (Å²) in [6.07, 6.45) is 0. The number of benzene rings is 8. The van der Waals surface area contributed by atoms with Gasteiger partial charge in [-0.05, 0) is 75.3 Å². The minimum absolute atomic E-state index is 0.571. The van der Waals surface area contributed by atoms with Gasteiger partial charge < -0.3 is 4.42 Å². The maximum absolute atomic E-state index is 6.17. The summed E-state index contributed by atoms with van der Waals surface area (Å²) in [4.78, 5) is 16.6. The Morgan fingerprint density at radius 1 is 0.404 bits per heavy atom. The van der Waals surface area contributed by atoms with Gasteiger partial charge in [0.15, 0.2) is 11.6 Å². The van der Waals surface area contributed by atoms with E-state index in [4.69, 9.17) is 19.4 Å². The Kier molecular flexibility index (Phi) is 6.78. The molecule has 0 saturated heterocycles. The second kappa shape index (κ2) is 12.2. The third-order valence-corrected chi connectivity index (χ3v) is 11.7. The van der Waals surface area contributed by atoms with Crippen LogP contribution >= 0.6 is 0 Å². The molecule has 3 heterocycles. The van der Waals surface area contributed by atoms with Crippen LogP contribution in [0.15, 0.2) is 199 Å². The minimum Gasteiger partial charge on any atom is -0.456 e. The number of para-hydroxylation sites is 3. The lowest BCUT2D eigenvalue weighted by Gasteiger charge is -2.32. The van der Waals surface area contributed by atoms with Crippen molar-refractivity contribution >= 4 is 43.7 Å². The zero-order valence-electron chi connectivity index (χ0n) is 30.7. The van der Waals surface area contributed by atoms with E-state index in [0.717, 1.165) is 77.1 Å². The fourth-order valence-corrected chi connectivity index (χ4v) is 9.25. The molecule has 0 N–H and O–H groups in total. The summed E-state index contributed by atoms with van der Waals surface area (Å²) in [6.45, 7) is 0. The Hall–Kier alpha value is -7.63. The van der Waals surface area contributed by atoms with Crippen LogP contribution in [0.4, 0.5) is 0 Å². The third kappa shape index (κ3) is 4.60. The Morgan fingerprint density at radius 2 is 0.982 bits per heavy atom. The number of aromatic nitrogens is 4. The SMILES string of the molecule is c1ccc(C2(c3nc(-c4cccc(-c5ccc6oc7ccccc7c6c5)c4)nc(-n4c5ccccc5c5ccccc54)n3)c3ccccc3-c3ccccc32)cc1. The van der Waals surface area contributed by atoms with E-state index in [9.17, 15) is 0 Å². The van der Waals surface area contributed by atoms with Crippen molar-refractivity contribution in [3.05, 3.63) is 217 Å². The molecule has 0 spiro atoms. The maximum atomic E-state index is 6.17. The van der Waals surface area contributed by atoms with Gasteiger partial charge in [0.2, 0.25) is 5.95 Å². The Bertz CT molecular complexity index is 3280. The molecule has 1 aliphatic carbocycles. The van der Waals surface area contributed by atoms with Crippen LogP contribution in [0, 0.1) is 0 Å². The highest BCUT2D eigenvalue weighted by Gasteiger charge is 2.49. The van der Waals surface area contributed by atoms with E-state index in [-0.39, 0.29) is 0 Å². The van der Waals surface area contributed by atoms with Crippen LogP contribution in [0.2, 0.25) is 0 Å². The smallest absolute Gasteiger partial charge is 0.238 e. The van der Waals surface area contributed by atoms with Gasteiger partial charge >= 0.3 is 0 Å². The van der Waals surface area contributed by atoms with E-state index in [2.05, 4.69) is 187 Å². The summed E-state index contributed by atoms with van der Waals surface area (Å²) < 4.78 is 8.38. The molecule has 1 aliphatic rings. The molecule has 0 saturated carbocycles. The number of nitrogens with zero attached hydrogens (tertiary/aromatic N) is 4. The van der Waals surface area contributed by atoms with Crippen LogP contribution in [0.3, 0.4) is 0 Å². The predicted octanol–water partition coefficient (Wildman–Crippen LogP) is 12.6. The second-order valence-corrected chi connectivity index (χ2v) is 14.7. The van der Waals surface area contributed by atoms with Crippen molar-refractivity contribution in [3.8, 4) is 39.6 Å². The van der Waals surface area contributed by atoms with Gasteiger partial charge in [-0.15, -0.1) is 0 Å². The highest BCUT2D eigenvalue weighted by atomic mass is 16.3. The van der Waals surface area contributed by atoms with Crippen molar-refractivity contribution < 1.29 is 4.42 Å². The monoisotopic (exact) mass is 728 g/mol. The first-order chi connectivity index (χ1) is 28.3. The average Bonchev–Trinajstić information content (AvgIpc) is 3.93. The van der Waals surface area contributed by atoms with Crippen LogP contribution in [-0.2, 0) is 5.41 Å². The molecule has 0 radical (unpaired) electrons. The van der Waals surface area contributed by atoms with E-state index < -0.39 is 5.41 Å². The lowest BCUT2D eigenvalue weighted by Crippen LogP contribution is -2.32. The molecule has 0 bridgehead atoms. The molecule has 5 heteroatoms. The number of rotatable bonds is 5. The van der Waals surface area contributed by atoms with Crippen molar-refractivity contribution in [2.75, 3.05) is 0 Å². The molecule has 57 heavy (non-hydrogen) atoms. The molecule has 5 nitrogen and oxygen atoms in total. The zero-order chi connectivity index (χ0) is 37.5. The molecule has 8 aromatic carbocycles. The topological polar surface area (TPSA) is 56.7 Å². The molecule has 0 amide bonds. The molecular formula is C52H32N4O. The third-order valence-electron chi connectivity index (χ3n) is 11.7. The van der Waals surface area contributed by atoms with Crippen LogP contribution in [-0.4, -0.2) is 19.5 Å². The lowest BCUT2D eigenvalue weighted by molar-refractivity contribution is 0.669. The van der Waals surface area contributed by atoms with Crippen molar-refractivity contribution in [3.63, 3.8) is 0 Å². The van der Waals surface area contributed by atoms with E-state index in [1.165, 1.54) is 11.1 Å². The normalized spacial score (nSPS) is 13.1. The van der Waals surface area contributed by atoms with Crippen molar-refractivity contribution in [1.82, 2.24) is 19.5 Å². The van der Waals surface area contributed by atoms with Gasteiger partial charge in [0, 0.05) is 27.1 Å². The molecule has 0 fully saturated rings. The Labute approximate surface area is 328 Å². The Balaban J connectivity index is 1.16. The quantitative estimate of drug-likeness (QED) is 0.177. The summed E-state index contributed by atoms with van der Waals surface area (Å²) in [5.41, 5.74) is 11.8. The van der Waals surface area contributed by atoms with Crippen LogP contribution < -0.4 is 0 Å². The molecule has 11 aromatic rings. The van der Waals surface area contributed by atoms with Gasteiger partial charge in [0.05, 0.1) is 11.0 Å². The second-order valence-electron chi connectivity index (χ2n) is 14.7. The average molecular weight is 729 g/mol. The standard InChI is InChI=1S/C52H32N4O/c1-2-17-36(18-3-1)52(43-24-9-4-19-37(43)38-20-5-10-25-44(38)52)50-53-49(54-51(55-50)56-45-26-11-6-21-39(45)40-22-7-12-27-46(40)56)35-16-14-15-33(31-35)34-29-30-48-42(32-34)41-23-8-13-28-47(41)57-48/h1-32H. The molecule has 0 unspecified atom stereocenters. The first-order valence-corrected chi connectivity index (χ1v) is 19.3. The number of hydrogen-bond donors (Lipinski definition) is 0. The number of furan rings is 1. The van der Waals surface area contributed by atoms with Crippen molar-refractivity contribution in [2.24, 2.45) is 0 Å². The molecule has 3 aromatic heterocycles. The fraction of sp³-hybridized carbons (Fsp3) is 0.0192. The van der Waals surface area contributed by atoms with E-state index in [1.54, 1.807) is 0 Å². The Morgan fingerprint density at radius 3 is 1.72 bits per heavy atom. The minimum atomic E-state index is -0.815. The molecular weight excluding hydrogens is 697 g/mol. The van der Waals surface area contributed by atoms with Crippen LogP contribution in [0.5, 0.6) is 0 Å². The largest absolute Gasteiger partial charge is 0.456 e. The first-order valence-electron chi connectivity index (χ1n) is 19.3. The van der Waals surface area contributed by atoms with Gasteiger partial charge in [0.25, 0.3) is 0 Å². The molecule has 266 valence electrons. The predicted molar refractivity (Wildman–Crippen MR) is 230 cm³/mol.